The van der Waals surface area contributed by atoms with Gasteiger partial charge in [-0.25, -0.2) is 9.78 Å². The van der Waals surface area contributed by atoms with Gasteiger partial charge in [-0.2, -0.15) is 13.2 Å². The topological polar surface area (TPSA) is 72.0 Å². The third kappa shape index (κ3) is 5.37. The van der Waals surface area contributed by atoms with E-state index in [0.29, 0.717) is 17.8 Å². The zero-order valence-corrected chi connectivity index (χ0v) is 18.9. The molecule has 1 atom stereocenters. The highest BCUT2D eigenvalue weighted by Crippen LogP contribution is 2.39. The van der Waals surface area contributed by atoms with Crippen LogP contribution in [0.1, 0.15) is 41.8 Å². The summed E-state index contributed by atoms with van der Waals surface area (Å²) in [6.07, 6.45) is -3.19. The lowest BCUT2D eigenvalue weighted by Gasteiger charge is -2.42. The molecule has 0 N–H and O–H groups in total. The summed E-state index contributed by atoms with van der Waals surface area (Å²) in [4.78, 5) is 33.1. The number of halogens is 3. The molecule has 178 valence electrons. The molecule has 10 heteroatoms. The van der Waals surface area contributed by atoms with Gasteiger partial charge in [0.1, 0.15) is 0 Å². The molecule has 7 nitrogen and oxygen atoms in total. The maximum absolute atomic E-state index is 13.4. The minimum absolute atomic E-state index is 0.193. The first kappa shape index (κ1) is 24.3. The van der Waals surface area contributed by atoms with Crippen molar-refractivity contribution in [2.45, 2.75) is 46.3 Å². The zero-order valence-electron chi connectivity index (χ0n) is 18.9. The number of fused-ring (bicyclic) bond motifs is 1. The Balaban J connectivity index is 1.95. The number of amides is 2. The van der Waals surface area contributed by atoms with Crippen molar-refractivity contribution in [2.75, 3.05) is 29.6 Å². The Kier molecular flexibility index (Phi) is 7.14. The summed E-state index contributed by atoms with van der Waals surface area (Å²) in [6, 6.07) is 5.99. The van der Waals surface area contributed by atoms with Crippen LogP contribution in [0.25, 0.3) is 0 Å². The number of rotatable bonds is 5. The molecule has 1 unspecified atom stereocenters. The number of benzene rings is 1. The van der Waals surface area contributed by atoms with Crippen LogP contribution in [0, 0.1) is 13.8 Å². The minimum atomic E-state index is -4.48. The van der Waals surface area contributed by atoms with Gasteiger partial charge in [0.2, 0.25) is 5.88 Å². The van der Waals surface area contributed by atoms with Gasteiger partial charge in [0.05, 0.1) is 29.6 Å². The fraction of sp³-hybridized carbons (Fsp3) is 0.435. The van der Waals surface area contributed by atoms with Crippen LogP contribution in [0.3, 0.4) is 0 Å². The normalized spacial score (nSPS) is 15.8. The number of ether oxygens (including phenoxy) is 2. The number of carbonyl (C=O) groups is 2. The Labute approximate surface area is 190 Å². The lowest BCUT2D eigenvalue weighted by molar-refractivity contribution is -0.154. The molecule has 3 rings (SSSR count). The summed E-state index contributed by atoms with van der Waals surface area (Å²) >= 11 is 0. The number of pyridine rings is 1. The van der Waals surface area contributed by atoms with Crippen LogP contribution >= 0.6 is 0 Å². The fourth-order valence-corrected chi connectivity index (χ4v) is 3.63. The summed E-state index contributed by atoms with van der Waals surface area (Å²) in [7, 11) is 0. The minimum Gasteiger partial charge on any atom is -0.468 e. The molecule has 0 saturated heterocycles. The molecule has 1 aliphatic rings. The van der Waals surface area contributed by atoms with Crippen molar-refractivity contribution in [3.05, 3.63) is 47.2 Å². The van der Waals surface area contributed by atoms with Crippen LogP contribution in [0.15, 0.2) is 30.5 Å². The van der Waals surface area contributed by atoms with E-state index in [1.165, 1.54) is 18.3 Å². The average molecular weight is 465 g/mol. The van der Waals surface area contributed by atoms with Crippen LogP contribution in [-0.2, 0) is 4.74 Å². The summed E-state index contributed by atoms with van der Waals surface area (Å²) in [6.45, 7) is 6.47. The predicted molar refractivity (Wildman–Crippen MR) is 117 cm³/mol. The Bertz CT molecular complexity index is 1020. The number of aryl methyl sites for hydroxylation is 2. The molecule has 1 aromatic carbocycles. The van der Waals surface area contributed by atoms with Crippen molar-refractivity contribution >= 4 is 23.4 Å². The molecule has 2 amide bonds. The molecular formula is C23H26F3N3O4. The number of nitrogens with zero attached hydrogens (tertiary/aromatic N) is 3. The van der Waals surface area contributed by atoms with Gasteiger partial charge < -0.3 is 14.4 Å². The van der Waals surface area contributed by atoms with Crippen molar-refractivity contribution in [3.8, 4) is 5.88 Å². The first-order valence-electron chi connectivity index (χ1n) is 10.6. The third-order valence-electron chi connectivity index (χ3n) is 5.45. The maximum Gasteiger partial charge on any atom is 0.422 e. The average Bonchev–Trinajstić information content (AvgIpc) is 2.77. The van der Waals surface area contributed by atoms with Gasteiger partial charge in [-0.3, -0.25) is 9.69 Å². The van der Waals surface area contributed by atoms with E-state index in [4.69, 9.17) is 4.74 Å². The zero-order chi connectivity index (χ0) is 24.3. The van der Waals surface area contributed by atoms with Crippen molar-refractivity contribution in [3.63, 3.8) is 0 Å². The molecule has 33 heavy (non-hydrogen) atoms. The maximum atomic E-state index is 13.4. The van der Waals surface area contributed by atoms with Gasteiger partial charge in [-0.15, -0.1) is 0 Å². The predicted octanol–water partition coefficient (Wildman–Crippen LogP) is 5.04. The highest BCUT2D eigenvalue weighted by atomic mass is 19.4. The van der Waals surface area contributed by atoms with E-state index in [9.17, 15) is 22.8 Å². The van der Waals surface area contributed by atoms with E-state index in [1.54, 1.807) is 16.7 Å². The second-order valence-electron chi connectivity index (χ2n) is 7.76. The molecule has 1 aromatic heterocycles. The van der Waals surface area contributed by atoms with Gasteiger partial charge in [0.25, 0.3) is 5.91 Å². The lowest BCUT2D eigenvalue weighted by atomic mass is 10.00. The largest absolute Gasteiger partial charge is 0.468 e. The molecular weight excluding hydrogens is 439 g/mol. The number of aromatic nitrogens is 1. The second-order valence-corrected chi connectivity index (χ2v) is 7.76. The van der Waals surface area contributed by atoms with Crippen LogP contribution in [0.2, 0.25) is 0 Å². The molecule has 1 aliphatic heterocycles. The van der Waals surface area contributed by atoms with E-state index < -0.39 is 18.9 Å². The van der Waals surface area contributed by atoms with E-state index in [-0.39, 0.29) is 36.5 Å². The van der Waals surface area contributed by atoms with E-state index in [1.807, 2.05) is 32.9 Å². The molecule has 0 bridgehead atoms. The Hall–Kier alpha value is -3.30. The number of hydrogen-bond donors (Lipinski definition) is 0. The third-order valence-corrected chi connectivity index (χ3v) is 5.45. The van der Waals surface area contributed by atoms with Gasteiger partial charge in [0, 0.05) is 18.8 Å². The summed E-state index contributed by atoms with van der Waals surface area (Å²) < 4.78 is 46.9. The van der Waals surface area contributed by atoms with Gasteiger partial charge in [-0.05, 0) is 56.5 Å². The second kappa shape index (κ2) is 9.68. The smallest absolute Gasteiger partial charge is 0.422 e. The first-order valence-corrected chi connectivity index (χ1v) is 10.6. The van der Waals surface area contributed by atoms with Gasteiger partial charge in [-0.1, -0.05) is 6.92 Å². The number of anilines is 2. The van der Waals surface area contributed by atoms with Crippen LogP contribution in [0.4, 0.5) is 29.3 Å². The Morgan fingerprint density at radius 2 is 1.79 bits per heavy atom. The number of alkyl halides is 3. The summed E-state index contributed by atoms with van der Waals surface area (Å²) in [5, 5.41) is 0. The van der Waals surface area contributed by atoms with Crippen molar-refractivity contribution in [1.29, 1.82) is 0 Å². The standard InChI is InChI=1S/C23H26F3N3O4/c1-5-17-12-28(21(30)16-7-8-20(27-11-16)33-13-23(24,25)26)18-9-14(3)15(4)10-19(18)29(17)22(31)32-6-2/h7-11,17H,5-6,12-13H2,1-4H3. The summed E-state index contributed by atoms with van der Waals surface area (Å²) in [5.41, 5.74) is 3.22. The van der Waals surface area contributed by atoms with E-state index in [2.05, 4.69) is 9.72 Å². The van der Waals surface area contributed by atoms with Crippen molar-refractivity contribution in [2.24, 2.45) is 0 Å². The van der Waals surface area contributed by atoms with Crippen LogP contribution in [0.5, 0.6) is 5.88 Å². The number of carbonyl (C=O) groups excluding carboxylic acids is 2. The highest BCUT2D eigenvalue weighted by molar-refractivity contribution is 6.10. The molecule has 0 saturated carbocycles. The quantitative estimate of drug-likeness (QED) is 0.619. The fourth-order valence-electron chi connectivity index (χ4n) is 3.63. The van der Waals surface area contributed by atoms with E-state index >= 15 is 0 Å². The molecule has 0 spiro atoms. The molecule has 2 heterocycles. The Morgan fingerprint density at radius 1 is 1.12 bits per heavy atom. The van der Waals surface area contributed by atoms with Crippen LogP contribution in [-0.4, -0.2) is 49.0 Å². The van der Waals surface area contributed by atoms with Gasteiger partial charge >= 0.3 is 12.3 Å². The SMILES string of the molecule is CCOC(=O)N1c2cc(C)c(C)cc2N(C(=O)c2ccc(OCC(F)(F)F)nc2)CC1CC. The Morgan fingerprint density at radius 3 is 2.33 bits per heavy atom. The number of hydrogen-bond acceptors (Lipinski definition) is 5. The monoisotopic (exact) mass is 465 g/mol. The molecule has 0 radical (unpaired) electrons. The van der Waals surface area contributed by atoms with E-state index in [0.717, 1.165) is 11.1 Å². The highest BCUT2D eigenvalue weighted by Gasteiger charge is 2.38. The van der Waals surface area contributed by atoms with Crippen molar-refractivity contribution in [1.82, 2.24) is 4.98 Å². The molecule has 2 aromatic rings. The van der Waals surface area contributed by atoms with Crippen LogP contribution < -0.4 is 14.5 Å². The molecule has 0 aliphatic carbocycles. The summed E-state index contributed by atoms with van der Waals surface area (Å²) in [5.74, 6) is -0.606. The molecule has 0 fully saturated rings. The van der Waals surface area contributed by atoms with Gasteiger partial charge in [0.15, 0.2) is 6.61 Å². The first-order chi connectivity index (χ1) is 15.6. The van der Waals surface area contributed by atoms with Crippen molar-refractivity contribution < 1.29 is 32.2 Å². The lowest BCUT2D eigenvalue weighted by Crippen LogP contribution is -2.53.